The van der Waals surface area contributed by atoms with E-state index in [1.165, 1.54) is 19.2 Å². The summed E-state index contributed by atoms with van der Waals surface area (Å²) in [5, 5.41) is 2.74. The van der Waals surface area contributed by atoms with Crippen molar-refractivity contribution < 1.29 is 22.7 Å². The van der Waals surface area contributed by atoms with E-state index in [0.29, 0.717) is 22.6 Å². The number of hydrogen-bond donors (Lipinski definition) is 1. The van der Waals surface area contributed by atoms with Crippen LogP contribution in [0.3, 0.4) is 0 Å². The number of hydrogen-bond acceptors (Lipinski definition) is 3. The molecule has 0 atom stereocenters. The molecule has 3 aromatic rings. The lowest BCUT2D eigenvalue weighted by atomic mass is 10.1. The molecular weight excluding hydrogens is 357 g/mol. The van der Waals surface area contributed by atoms with Gasteiger partial charge in [-0.25, -0.2) is 0 Å². The number of carbonyl (C=O) groups excluding carboxylic acids is 1. The summed E-state index contributed by atoms with van der Waals surface area (Å²) in [5.41, 5.74) is 0.771. The van der Waals surface area contributed by atoms with Crippen LogP contribution in [0.25, 0.3) is 11.3 Å². The van der Waals surface area contributed by atoms with Gasteiger partial charge in [-0.05, 0) is 36.4 Å². The van der Waals surface area contributed by atoms with Gasteiger partial charge in [-0.1, -0.05) is 24.3 Å². The van der Waals surface area contributed by atoms with Crippen molar-refractivity contribution in [2.45, 2.75) is 6.18 Å². The first-order chi connectivity index (χ1) is 12.9. The number of pyridine rings is 1. The molecule has 0 aliphatic heterocycles. The van der Waals surface area contributed by atoms with Crippen molar-refractivity contribution >= 4 is 11.6 Å². The summed E-state index contributed by atoms with van der Waals surface area (Å²) in [6.45, 7) is 0. The Bertz CT molecular complexity index is 954. The summed E-state index contributed by atoms with van der Waals surface area (Å²) >= 11 is 0. The average molecular weight is 372 g/mol. The van der Waals surface area contributed by atoms with Gasteiger partial charge in [-0.3, -0.25) is 9.78 Å². The van der Waals surface area contributed by atoms with Crippen LogP contribution >= 0.6 is 0 Å². The first kappa shape index (κ1) is 18.4. The monoisotopic (exact) mass is 372 g/mol. The van der Waals surface area contributed by atoms with Gasteiger partial charge in [0.1, 0.15) is 5.75 Å². The highest BCUT2D eigenvalue weighted by atomic mass is 19.4. The first-order valence-electron chi connectivity index (χ1n) is 7.96. The second-order valence-corrected chi connectivity index (χ2v) is 5.66. The summed E-state index contributed by atoms with van der Waals surface area (Å²) < 4.78 is 43.7. The van der Waals surface area contributed by atoms with Crippen LogP contribution in [0.5, 0.6) is 5.75 Å². The van der Waals surface area contributed by atoms with Crippen LogP contribution in [0, 0.1) is 0 Å². The van der Waals surface area contributed by atoms with Crippen LogP contribution < -0.4 is 10.1 Å². The topological polar surface area (TPSA) is 51.2 Å². The number of anilines is 1. The average Bonchev–Trinajstić information content (AvgIpc) is 2.68. The molecule has 1 amide bonds. The lowest BCUT2D eigenvalue weighted by Gasteiger charge is -2.10. The molecule has 0 radical (unpaired) electrons. The van der Waals surface area contributed by atoms with Gasteiger partial charge in [0.15, 0.2) is 0 Å². The van der Waals surface area contributed by atoms with E-state index in [0.717, 1.165) is 18.3 Å². The summed E-state index contributed by atoms with van der Waals surface area (Å²) in [5.74, 6) is 0.165. The van der Waals surface area contributed by atoms with Crippen LogP contribution in [0.15, 0.2) is 66.9 Å². The maximum absolute atomic E-state index is 12.8. The minimum atomic E-state index is -4.44. The molecule has 3 rings (SSSR count). The fourth-order valence-electron chi connectivity index (χ4n) is 2.50. The van der Waals surface area contributed by atoms with Gasteiger partial charge in [-0.2, -0.15) is 13.2 Å². The molecular formula is C20H15F3N2O2. The van der Waals surface area contributed by atoms with Crippen molar-refractivity contribution in [3.63, 3.8) is 0 Å². The van der Waals surface area contributed by atoms with Crippen LogP contribution in [0.1, 0.15) is 15.9 Å². The fraction of sp³-hybridized carbons (Fsp3) is 0.100. The van der Waals surface area contributed by atoms with Crippen molar-refractivity contribution in [1.29, 1.82) is 0 Å². The van der Waals surface area contributed by atoms with Gasteiger partial charge < -0.3 is 10.1 Å². The molecule has 1 heterocycles. The molecule has 2 aromatic carbocycles. The molecule has 0 saturated heterocycles. The molecule has 7 heteroatoms. The third kappa shape index (κ3) is 4.25. The predicted octanol–water partition coefficient (Wildman–Crippen LogP) is 5.03. The molecule has 1 aromatic heterocycles. The smallest absolute Gasteiger partial charge is 0.416 e. The Morgan fingerprint density at radius 2 is 1.74 bits per heavy atom. The standard InChI is InChI=1S/C20H15F3N2O2/c1-27-18-5-3-2-4-16(18)25-19(26)14-8-6-13(7-9-14)17-12-15(10-11-24-17)20(21,22)23/h2-12H,1H3,(H,25,26). The number of para-hydroxylation sites is 2. The number of halogens is 3. The number of aromatic nitrogens is 1. The number of alkyl halides is 3. The minimum Gasteiger partial charge on any atom is -0.495 e. The first-order valence-corrected chi connectivity index (χ1v) is 7.96. The molecule has 0 bridgehead atoms. The van der Waals surface area contributed by atoms with Crippen molar-refractivity contribution in [3.05, 3.63) is 78.0 Å². The van der Waals surface area contributed by atoms with Crippen molar-refractivity contribution in [3.8, 4) is 17.0 Å². The summed E-state index contributed by atoms with van der Waals surface area (Å²) in [7, 11) is 1.50. The fourth-order valence-corrected chi connectivity index (χ4v) is 2.50. The zero-order chi connectivity index (χ0) is 19.4. The number of nitrogens with one attached hydrogen (secondary N) is 1. The van der Waals surface area contributed by atoms with Crippen molar-refractivity contribution in [2.75, 3.05) is 12.4 Å². The summed E-state index contributed by atoms with van der Waals surface area (Å²) in [4.78, 5) is 16.4. The van der Waals surface area contributed by atoms with Gasteiger partial charge in [0.05, 0.1) is 24.1 Å². The van der Waals surface area contributed by atoms with Gasteiger partial charge in [0.2, 0.25) is 0 Å². The quantitative estimate of drug-likeness (QED) is 0.699. The number of amides is 1. The van der Waals surface area contributed by atoms with Gasteiger partial charge in [0, 0.05) is 17.3 Å². The van der Waals surface area contributed by atoms with Crippen molar-refractivity contribution in [1.82, 2.24) is 4.98 Å². The number of benzene rings is 2. The maximum atomic E-state index is 12.8. The number of rotatable bonds is 4. The van der Waals surface area contributed by atoms with E-state index in [-0.39, 0.29) is 11.6 Å². The molecule has 4 nitrogen and oxygen atoms in total. The van der Waals surface area contributed by atoms with E-state index >= 15 is 0 Å². The Hall–Kier alpha value is -3.35. The molecule has 138 valence electrons. The SMILES string of the molecule is COc1ccccc1NC(=O)c1ccc(-c2cc(C(F)(F)F)ccn2)cc1. The van der Waals surface area contributed by atoms with Crippen LogP contribution in [0.2, 0.25) is 0 Å². The number of ether oxygens (including phenoxy) is 1. The zero-order valence-electron chi connectivity index (χ0n) is 14.2. The largest absolute Gasteiger partial charge is 0.495 e. The molecule has 0 unspecified atom stereocenters. The number of nitrogens with zero attached hydrogens (tertiary/aromatic N) is 1. The summed E-state index contributed by atoms with van der Waals surface area (Å²) in [6.07, 6.45) is -3.33. The Labute approximate surface area is 153 Å². The van der Waals surface area contributed by atoms with Crippen molar-refractivity contribution in [2.24, 2.45) is 0 Å². The van der Waals surface area contributed by atoms with Gasteiger partial charge in [0.25, 0.3) is 5.91 Å². The van der Waals surface area contributed by atoms with E-state index in [4.69, 9.17) is 4.74 Å². The van der Waals surface area contributed by atoms with E-state index < -0.39 is 11.7 Å². The Morgan fingerprint density at radius 1 is 1.04 bits per heavy atom. The van der Waals surface area contributed by atoms with E-state index in [2.05, 4.69) is 10.3 Å². The summed E-state index contributed by atoms with van der Waals surface area (Å²) in [6, 6.07) is 15.0. The molecule has 27 heavy (non-hydrogen) atoms. The number of carbonyl (C=O) groups is 1. The molecule has 0 fully saturated rings. The normalized spacial score (nSPS) is 11.1. The second kappa shape index (κ2) is 7.49. The molecule has 0 aliphatic carbocycles. The van der Waals surface area contributed by atoms with Crippen LogP contribution in [-0.4, -0.2) is 18.0 Å². The lowest BCUT2D eigenvalue weighted by Crippen LogP contribution is -2.12. The van der Waals surface area contributed by atoms with E-state index in [1.807, 2.05) is 0 Å². The van der Waals surface area contributed by atoms with Crippen LogP contribution in [0.4, 0.5) is 18.9 Å². The second-order valence-electron chi connectivity index (χ2n) is 5.66. The number of methoxy groups -OCH3 is 1. The zero-order valence-corrected chi connectivity index (χ0v) is 14.2. The van der Waals surface area contributed by atoms with Crippen LogP contribution in [-0.2, 0) is 6.18 Å². The highest BCUT2D eigenvalue weighted by Crippen LogP contribution is 2.31. The molecule has 0 saturated carbocycles. The highest BCUT2D eigenvalue weighted by molar-refractivity contribution is 6.05. The van der Waals surface area contributed by atoms with E-state index in [1.54, 1.807) is 36.4 Å². The lowest BCUT2D eigenvalue weighted by molar-refractivity contribution is -0.137. The minimum absolute atomic E-state index is 0.182. The Balaban J connectivity index is 1.80. The molecule has 1 N–H and O–H groups in total. The Morgan fingerprint density at radius 3 is 2.41 bits per heavy atom. The maximum Gasteiger partial charge on any atom is 0.416 e. The predicted molar refractivity (Wildman–Crippen MR) is 95.6 cm³/mol. The molecule has 0 spiro atoms. The van der Waals surface area contributed by atoms with Gasteiger partial charge in [-0.15, -0.1) is 0 Å². The third-order valence-electron chi connectivity index (χ3n) is 3.89. The van der Waals surface area contributed by atoms with E-state index in [9.17, 15) is 18.0 Å². The third-order valence-corrected chi connectivity index (χ3v) is 3.89. The Kier molecular flexibility index (Phi) is 5.12. The van der Waals surface area contributed by atoms with Gasteiger partial charge >= 0.3 is 6.18 Å². The highest BCUT2D eigenvalue weighted by Gasteiger charge is 2.30. The molecule has 0 aliphatic rings.